The van der Waals surface area contributed by atoms with E-state index in [1.54, 1.807) is 38.4 Å². The molecule has 42 heavy (non-hydrogen) atoms. The highest BCUT2D eigenvalue weighted by Crippen LogP contribution is 2.20. The SMILES string of the molecule is CN(C)C(=O)Oc1ccc(C[C@H](Nc2nc(NCCC3CCCN3C)nc(NCc3ccc(Cl)cc3)n2)C(=O)O)cc1. The Morgan fingerprint density at radius 3 is 2.29 bits per heavy atom. The van der Waals surface area contributed by atoms with Crippen LogP contribution in [-0.4, -0.2) is 88.2 Å². The average Bonchev–Trinajstić information content (AvgIpc) is 3.37. The third kappa shape index (κ3) is 9.18. The monoisotopic (exact) mass is 596 g/mol. The van der Waals surface area contributed by atoms with Gasteiger partial charge in [0, 0.05) is 44.7 Å². The Bertz CT molecular complexity index is 1340. The summed E-state index contributed by atoms with van der Waals surface area (Å²) in [6.07, 6.45) is 2.95. The summed E-state index contributed by atoms with van der Waals surface area (Å²) >= 11 is 6.00. The van der Waals surface area contributed by atoms with Crippen LogP contribution in [-0.2, 0) is 17.8 Å². The minimum absolute atomic E-state index is 0.132. The molecule has 12 nitrogen and oxygen atoms in total. The molecule has 0 spiro atoms. The van der Waals surface area contributed by atoms with E-state index >= 15 is 0 Å². The molecule has 1 fully saturated rings. The molecule has 224 valence electrons. The highest BCUT2D eigenvalue weighted by molar-refractivity contribution is 6.30. The lowest BCUT2D eigenvalue weighted by Gasteiger charge is -2.19. The van der Waals surface area contributed by atoms with Crippen molar-refractivity contribution >= 4 is 41.5 Å². The van der Waals surface area contributed by atoms with E-state index in [0.717, 1.165) is 30.5 Å². The predicted molar refractivity (Wildman–Crippen MR) is 162 cm³/mol. The van der Waals surface area contributed by atoms with Crippen LogP contribution in [0.5, 0.6) is 5.75 Å². The number of nitrogens with one attached hydrogen (secondary N) is 3. The maximum absolute atomic E-state index is 12.2. The second-order valence-corrected chi connectivity index (χ2v) is 10.9. The number of anilines is 3. The fourth-order valence-electron chi connectivity index (χ4n) is 4.55. The van der Waals surface area contributed by atoms with E-state index in [2.05, 4.69) is 42.8 Å². The normalized spacial score (nSPS) is 15.6. The molecule has 0 saturated carbocycles. The summed E-state index contributed by atoms with van der Waals surface area (Å²) in [5.74, 6) is 0.0914. The summed E-state index contributed by atoms with van der Waals surface area (Å²) in [5.41, 5.74) is 1.71. The highest BCUT2D eigenvalue weighted by Gasteiger charge is 2.22. The van der Waals surface area contributed by atoms with Gasteiger partial charge in [-0.3, -0.25) is 0 Å². The second kappa shape index (κ2) is 14.6. The third-order valence-corrected chi connectivity index (χ3v) is 7.22. The van der Waals surface area contributed by atoms with Crippen molar-refractivity contribution in [1.29, 1.82) is 0 Å². The number of carbonyl (C=O) groups is 2. The molecule has 0 radical (unpaired) electrons. The van der Waals surface area contributed by atoms with Crippen LogP contribution in [0.3, 0.4) is 0 Å². The minimum atomic E-state index is -1.06. The molecule has 0 bridgehead atoms. The molecule has 1 saturated heterocycles. The number of hydrogen-bond donors (Lipinski definition) is 4. The number of benzene rings is 2. The van der Waals surface area contributed by atoms with Gasteiger partial charge < -0.3 is 35.6 Å². The zero-order valence-corrected chi connectivity index (χ0v) is 24.8. The Balaban J connectivity index is 1.46. The lowest BCUT2D eigenvalue weighted by Crippen LogP contribution is -2.32. The van der Waals surface area contributed by atoms with Gasteiger partial charge in [0.05, 0.1) is 0 Å². The van der Waals surface area contributed by atoms with Gasteiger partial charge in [-0.1, -0.05) is 35.9 Å². The molecule has 13 heteroatoms. The zero-order chi connectivity index (χ0) is 30.1. The first kappa shape index (κ1) is 30.8. The van der Waals surface area contributed by atoms with E-state index in [9.17, 15) is 14.7 Å². The number of amides is 1. The molecule has 2 atom stereocenters. The summed E-state index contributed by atoms with van der Waals surface area (Å²) in [4.78, 5) is 41.1. The molecule has 1 unspecified atom stereocenters. The van der Waals surface area contributed by atoms with Crippen LogP contribution in [0.2, 0.25) is 5.02 Å². The topological polar surface area (TPSA) is 145 Å². The van der Waals surface area contributed by atoms with Crippen LogP contribution in [0.1, 0.15) is 30.4 Å². The van der Waals surface area contributed by atoms with Crippen molar-refractivity contribution in [3.63, 3.8) is 0 Å². The maximum atomic E-state index is 12.2. The van der Waals surface area contributed by atoms with E-state index in [4.69, 9.17) is 16.3 Å². The number of nitrogens with zero attached hydrogens (tertiary/aromatic N) is 5. The third-order valence-electron chi connectivity index (χ3n) is 6.97. The molecule has 0 aliphatic carbocycles. The summed E-state index contributed by atoms with van der Waals surface area (Å²) < 4.78 is 5.24. The van der Waals surface area contributed by atoms with Crippen molar-refractivity contribution in [3.8, 4) is 5.75 Å². The number of halogens is 1. The first-order valence-electron chi connectivity index (χ1n) is 13.8. The zero-order valence-electron chi connectivity index (χ0n) is 24.0. The van der Waals surface area contributed by atoms with Gasteiger partial charge in [-0.15, -0.1) is 0 Å². The number of aliphatic carboxylic acids is 1. The molecule has 3 aromatic rings. The summed E-state index contributed by atoms with van der Waals surface area (Å²) in [5, 5.41) is 20.1. The number of ether oxygens (including phenoxy) is 1. The van der Waals surface area contributed by atoms with Crippen LogP contribution in [0.4, 0.5) is 22.6 Å². The summed E-state index contributed by atoms with van der Waals surface area (Å²) in [7, 11) is 5.32. The Hall–Kier alpha value is -4.16. The van der Waals surface area contributed by atoms with E-state index in [0.29, 0.717) is 41.8 Å². The molecule has 1 aliphatic rings. The smallest absolute Gasteiger partial charge is 0.414 e. The predicted octanol–water partition coefficient (Wildman–Crippen LogP) is 4.20. The molecule has 4 rings (SSSR count). The van der Waals surface area contributed by atoms with Crippen molar-refractivity contribution < 1.29 is 19.4 Å². The number of hydrogen-bond acceptors (Lipinski definition) is 10. The molecular weight excluding hydrogens is 560 g/mol. The van der Waals surface area contributed by atoms with Gasteiger partial charge in [-0.2, -0.15) is 15.0 Å². The second-order valence-electron chi connectivity index (χ2n) is 10.4. The molecule has 2 aromatic carbocycles. The number of likely N-dealkylation sites (tertiary alicyclic amines) is 1. The van der Waals surface area contributed by atoms with Crippen LogP contribution in [0.15, 0.2) is 48.5 Å². The van der Waals surface area contributed by atoms with Crippen LogP contribution < -0.4 is 20.7 Å². The van der Waals surface area contributed by atoms with E-state index in [1.165, 1.54) is 11.3 Å². The lowest BCUT2D eigenvalue weighted by atomic mass is 10.1. The number of carboxylic acid groups (broad SMARTS) is 1. The lowest BCUT2D eigenvalue weighted by molar-refractivity contribution is -0.137. The van der Waals surface area contributed by atoms with Crippen molar-refractivity contribution in [1.82, 2.24) is 24.8 Å². The number of aromatic nitrogens is 3. The number of carbonyl (C=O) groups excluding carboxylic acids is 1. The molecule has 1 aliphatic heterocycles. The Morgan fingerprint density at radius 1 is 1.02 bits per heavy atom. The van der Waals surface area contributed by atoms with Crippen LogP contribution in [0.25, 0.3) is 0 Å². The van der Waals surface area contributed by atoms with E-state index in [-0.39, 0.29) is 12.4 Å². The summed E-state index contributed by atoms with van der Waals surface area (Å²) in [6.45, 7) is 2.21. The maximum Gasteiger partial charge on any atom is 0.414 e. The van der Waals surface area contributed by atoms with Crippen molar-refractivity contribution in [2.24, 2.45) is 0 Å². The first-order valence-corrected chi connectivity index (χ1v) is 14.2. The van der Waals surface area contributed by atoms with E-state index < -0.39 is 18.1 Å². The number of rotatable bonds is 13. The largest absolute Gasteiger partial charge is 0.480 e. The average molecular weight is 597 g/mol. The molecule has 1 amide bonds. The number of carboxylic acids is 1. The van der Waals surface area contributed by atoms with Gasteiger partial charge in [-0.25, -0.2) is 9.59 Å². The molecule has 2 heterocycles. The van der Waals surface area contributed by atoms with E-state index in [1.807, 2.05) is 24.3 Å². The Morgan fingerprint density at radius 2 is 1.67 bits per heavy atom. The molecule has 4 N–H and O–H groups in total. The fourth-order valence-corrected chi connectivity index (χ4v) is 4.68. The van der Waals surface area contributed by atoms with Crippen molar-refractivity contribution in [2.45, 2.75) is 44.3 Å². The standard InChI is InChI=1S/C29H37ClN8O4/c1-37(2)29(41)42-23-12-8-19(9-13-23)17-24(25(39)40)33-28-35-26(31-15-14-22-5-4-16-38(22)3)34-27(36-28)32-18-20-6-10-21(30)11-7-20/h6-13,22,24H,4-5,14-18H2,1-3H3,(H,39,40)(H3,31,32,33,34,35,36)/t22?,24-/m0/s1. The molecular formula is C29H37ClN8O4. The van der Waals surface area contributed by atoms with Gasteiger partial charge >= 0.3 is 12.1 Å². The van der Waals surface area contributed by atoms with Gasteiger partial charge in [0.2, 0.25) is 17.8 Å². The van der Waals surface area contributed by atoms with Crippen LogP contribution in [0, 0.1) is 0 Å². The van der Waals surface area contributed by atoms with Crippen molar-refractivity contribution in [2.75, 3.05) is 50.2 Å². The van der Waals surface area contributed by atoms with Crippen LogP contribution >= 0.6 is 11.6 Å². The van der Waals surface area contributed by atoms with Crippen molar-refractivity contribution in [3.05, 3.63) is 64.7 Å². The Labute approximate surface area is 250 Å². The van der Waals surface area contributed by atoms with Gasteiger partial charge in [0.1, 0.15) is 11.8 Å². The highest BCUT2D eigenvalue weighted by atomic mass is 35.5. The van der Waals surface area contributed by atoms with Gasteiger partial charge in [-0.05, 0) is 68.2 Å². The quantitative estimate of drug-likeness (QED) is 0.225. The summed E-state index contributed by atoms with van der Waals surface area (Å²) in [6, 6.07) is 13.6. The first-order chi connectivity index (χ1) is 20.2. The Kier molecular flexibility index (Phi) is 10.7. The fraction of sp³-hybridized carbons (Fsp3) is 0.414. The van der Waals surface area contributed by atoms with Gasteiger partial charge in [0.15, 0.2) is 0 Å². The van der Waals surface area contributed by atoms with Gasteiger partial charge in [0.25, 0.3) is 0 Å². The minimum Gasteiger partial charge on any atom is -0.480 e. The molecule has 1 aromatic heterocycles.